The molecule has 94 valence electrons. The van der Waals surface area contributed by atoms with Gasteiger partial charge in [0.1, 0.15) is 10.8 Å². The first-order valence-electron chi connectivity index (χ1n) is 4.72. The summed E-state index contributed by atoms with van der Waals surface area (Å²) in [6.45, 7) is 0. The highest BCUT2D eigenvalue weighted by Crippen LogP contribution is 2.33. The number of aromatic nitrogens is 2. The molecule has 2 aromatic rings. The number of ether oxygens (including phenoxy) is 1. The molecule has 5 nitrogen and oxygen atoms in total. The van der Waals surface area contributed by atoms with Crippen molar-refractivity contribution in [2.75, 3.05) is 5.43 Å². The van der Waals surface area contributed by atoms with Gasteiger partial charge in [-0.3, -0.25) is 5.43 Å². The zero-order chi connectivity index (χ0) is 13.1. The van der Waals surface area contributed by atoms with Crippen molar-refractivity contribution in [2.24, 2.45) is 5.84 Å². The van der Waals surface area contributed by atoms with Crippen LogP contribution in [0.4, 0.5) is 5.95 Å². The van der Waals surface area contributed by atoms with Gasteiger partial charge in [0.2, 0.25) is 11.8 Å². The Morgan fingerprint density at radius 3 is 2.72 bits per heavy atom. The van der Waals surface area contributed by atoms with Crippen molar-refractivity contribution < 1.29 is 4.74 Å². The molecule has 18 heavy (non-hydrogen) atoms. The van der Waals surface area contributed by atoms with Crippen LogP contribution in [0.3, 0.4) is 0 Å². The summed E-state index contributed by atoms with van der Waals surface area (Å²) in [6.07, 6.45) is 1.38. The highest BCUT2D eigenvalue weighted by molar-refractivity contribution is 9.10. The van der Waals surface area contributed by atoms with Crippen molar-refractivity contribution in [3.8, 4) is 11.6 Å². The lowest BCUT2D eigenvalue weighted by Gasteiger charge is -2.09. The van der Waals surface area contributed by atoms with E-state index in [-0.39, 0.29) is 16.9 Å². The van der Waals surface area contributed by atoms with Crippen molar-refractivity contribution in [3.05, 3.63) is 38.9 Å². The Labute approximate surface area is 121 Å². The fourth-order valence-electron chi connectivity index (χ4n) is 1.15. The monoisotopic (exact) mass is 348 g/mol. The second-order valence-corrected chi connectivity index (χ2v) is 4.90. The van der Waals surface area contributed by atoms with Gasteiger partial charge in [0.15, 0.2) is 0 Å². The normalized spacial score (nSPS) is 10.2. The molecule has 0 saturated heterocycles. The van der Waals surface area contributed by atoms with Crippen LogP contribution in [0.5, 0.6) is 11.6 Å². The molecule has 0 amide bonds. The summed E-state index contributed by atoms with van der Waals surface area (Å²) in [7, 11) is 0. The molecule has 1 aromatic carbocycles. The zero-order valence-electron chi connectivity index (χ0n) is 8.82. The smallest absolute Gasteiger partial charge is 0.243 e. The van der Waals surface area contributed by atoms with E-state index in [0.717, 1.165) is 4.47 Å². The van der Waals surface area contributed by atoms with Gasteiger partial charge in [0, 0.05) is 4.47 Å². The Hall–Kier alpha value is -1.08. The van der Waals surface area contributed by atoms with E-state index in [1.54, 1.807) is 18.2 Å². The number of hydrazine groups is 1. The Kier molecular flexibility index (Phi) is 4.23. The van der Waals surface area contributed by atoms with Gasteiger partial charge in [0.05, 0.1) is 11.2 Å². The molecule has 0 aliphatic carbocycles. The van der Waals surface area contributed by atoms with E-state index in [1.807, 2.05) is 0 Å². The summed E-state index contributed by atoms with van der Waals surface area (Å²) in [5.41, 5.74) is 2.30. The molecule has 0 bridgehead atoms. The summed E-state index contributed by atoms with van der Waals surface area (Å²) in [6, 6.07) is 5.19. The van der Waals surface area contributed by atoms with E-state index in [4.69, 9.17) is 33.8 Å². The van der Waals surface area contributed by atoms with Crippen LogP contribution in [-0.2, 0) is 0 Å². The zero-order valence-corrected chi connectivity index (χ0v) is 11.9. The van der Waals surface area contributed by atoms with Gasteiger partial charge in [-0.2, -0.15) is 4.98 Å². The minimum absolute atomic E-state index is 0.170. The van der Waals surface area contributed by atoms with Crippen molar-refractivity contribution in [1.82, 2.24) is 9.97 Å². The Morgan fingerprint density at radius 1 is 1.28 bits per heavy atom. The van der Waals surface area contributed by atoms with Gasteiger partial charge in [-0.1, -0.05) is 39.1 Å². The first-order chi connectivity index (χ1) is 8.60. The largest absolute Gasteiger partial charge is 0.436 e. The third-order valence-corrected chi connectivity index (χ3v) is 2.99. The molecule has 8 heteroatoms. The van der Waals surface area contributed by atoms with Crippen LogP contribution in [0.15, 0.2) is 28.9 Å². The molecular formula is C10H7BrCl2N4O. The fraction of sp³-hybridized carbons (Fsp3) is 0. The van der Waals surface area contributed by atoms with Crippen LogP contribution < -0.4 is 16.0 Å². The highest BCUT2D eigenvalue weighted by Gasteiger charge is 2.10. The molecule has 0 unspecified atom stereocenters. The van der Waals surface area contributed by atoms with E-state index in [9.17, 15) is 0 Å². The molecule has 0 atom stereocenters. The maximum absolute atomic E-state index is 6.02. The summed E-state index contributed by atoms with van der Waals surface area (Å²) in [5, 5.41) is 0.689. The molecule has 1 heterocycles. The maximum atomic E-state index is 6.02. The minimum Gasteiger partial charge on any atom is -0.436 e. The number of hydrogen-bond acceptors (Lipinski definition) is 5. The lowest BCUT2D eigenvalue weighted by molar-refractivity contribution is 0.462. The van der Waals surface area contributed by atoms with Gasteiger partial charge in [-0.15, -0.1) is 0 Å². The van der Waals surface area contributed by atoms with Crippen LogP contribution in [0, 0.1) is 0 Å². The van der Waals surface area contributed by atoms with Crippen LogP contribution >= 0.6 is 39.1 Å². The lowest BCUT2D eigenvalue weighted by atomic mass is 10.3. The number of halogens is 3. The summed E-state index contributed by atoms with van der Waals surface area (Å²) in [4.78, 5) is 7.81. The molecule has 0 aliphatic rings. The number of rotatable bonds is 3. The molecular weight excluding hydrogens is 343 g/mol. The SMILES string of the molecule is NNc1ncc(Cl)c(Oc2ccc(Br)cc2Cl)n1. The van der Waals surface area contributed by atoms with Crippen LogP contribution in [0.25, 0.3) is 0 Å². The van der Waals surface area contributed by atoms with Gasteiger partial charge in [0.25, 0.3) is 0 Å². The Bertz CT molecular complexity index is 582. The van der Waals surface area contributed by atoms with Crippen molar-refractivity contribution in [1.29, 1.82) is 0 Å². The quantitative estimate of drug-likeness (QED) is 0.654. The number of anilines is 1. The van der Waals surface area contributed by atoms with E-state index in [2.05, 4.69) is 31.3 Å². The van der Waals surface area contributed by atoms with Crippen LogP contribution in [0.2, 0.25) is 10.0 Å². The van der Waals surface area contributed by atoms with Gasteiger partial charge >= 0.3 is 0 Å². The average Bonchev–Trinajstić information content (AvgIpc) is 2.35. The predicted octanol–water partition coefficient (Wildman–Crippen LogP) is 3.62. The van der Waals surface area contributed by atoms with Crippen LogP contribution in [-0.4, -0.2) is 9.97 Å². The highest BCUT2D eigenvalue weighted by atomic mass is 79.9. The summed E-state index contributed by atoms with van der Waals surface area (Å²) < 4.78 is 6.35. The number of nitrogens with one attached hydrogen (secondary N) is 1. The molecule has 0 saturated carbocycles. The van der Waals surface area contributed by atoms with Gasteiger partial charge < -0.3 is 4.74 Å². The average molecular weight is 350 g/mol. The topological polar surface area (TPSA) is 73.1 Å². The standard InChI is InChI=1S/C10H7BrCl2N4O/c11-5-1-2-8(6(12)3-5)18-9-7(13)4-15-10(16-9)17-14/h1-4H,14H2,(H,15,16,17). The minimum atomic E-state index is 0.170. The summed E-state index contributed by atoms with van der Waals surface area (Å²) in [5.74, 6) is 6.01. The number of nitrogen functional groups attached to an aromatic ring is 1. The third kappa shape index (κ3) is 3.02. The maximum Gasteiger partial charge on any atom is 0.243 e. The van der Waals surface area contributed by atoms with E-state index in [1.165, 1.54) is 6.20 Å². The van der Waals surface area contributed by atoms with Crippen LogP contribution in [0.1, 0.15) is 0 Å². The Morgan fingerprint density at radius 2 is 2.06 bits per heavy atom. The first-order valence-corrected chi connectivity index (χ1v) is 6.27. The molecule has 2 rings (SSSR count). The molecule has 0 fully saturated rings. The Balaban J connectivity index is 2.33. The van der Waals surface area contributed by atoms with E-state index < -0.39 is 0 Å². The molecule has 0 spiro atoms. The second-order valence-electron chi connectivity index (χ2n) is 3.17. The van der Waals surface area contributed by atoms with Crippen molar-refractivity contribution in [2.45, 2.75) is 0 Å². The number of nitrogens with two attached hydrogens (primary N) is 1. The number of nitrogens with zero attached hydrogens (tertiary/aromatic N) is 2. The number of benzene rings is 1. The fourth-order valence-corrected chi connectivity index (χ4v) is 2.00. The number of hydrogen-bond donors (Lipinski definition) is 2. The van der Waals surface area contributed by atoms with Crippen molar-refractivity contribution >= 4 is 45.1 Å². The predicted molar refractivity (Wildman–Crippen MR) is 74.1 cm³/mol. The third-order valence-electron chi connectivity index (χ3n) is 1.94. The summed E-state index contributed by atoms with van der Waals surface area (Å²) >= 11 is 15.2. The molecule has 3 N–H and O–H groups in total. The van der Waals surface area contributed by atoms with E-state index >= 15 is 0 Å². The molecule has 1 aromatic heterocycles. The van der Waals surface area contributed by atoms with Gasteiger partial charge in [-0.25, -0.2) is 10.8 Å². The first kappa shape index (κ1) is 13.4. The van der Waals surface area contributed by atoms with Crippen molar-refractivity contribution in [3.63, 3.8) is 0 Å². The second kappa shape index (κ2) is 5.71. The van der Waals surface area contributed by atoms with Gasteiger partial charge in [-0.05, 0) is 18.2 Å². The van der Waals surface area contributed by atoms with E-state index in [0.29, 0.717) is 10.8 Å². The molecule has 0 aliphatic heterocycles. The molecule has 0 radical (unpaired) electrons. The lowest BCUT2D eigenvalue weighted by Crippen LogP contribution is -2.10.